The molecule has 1 saturated heterocycles. The van der Waals surface area contributed by atoms with Gasteiger partial charge in [0.05, 0.1) is 18.8 Å². The van der Waals surface area contributed by atoms with Crippen LogP contribution in [0, 0.1) is 0 Å². The number of nitrogens with zero attached hydrogens (tertiary/aromatic N) is 4. The van der Waals surface area contributed by atoms with Crippen LogP contribution in [0.5, 0.6) is 5.75 Å². The Morgan fingerprint density at radius 1 is 1.13 bits per heavy atom. The summed E-state index contributed by atoms with van der Waals surface area (Å²) >= 11 is 0. The zero-order valence-electron chi connectivity index (χ0n) is 20.5. The van der Waals surface area contributed by atoms with Gasteiger partial charge in [0, 0.05) is 41.0 Å². The second kappa shape index (κ2) is 9.16. The van der Waals surface area contributed by atoms with Gasteiger partial charge in [-0.15, -0.1) is 0 Å². The van der Waals surface area contributed by atoms with Crippen LogP contribution >= 0.6 is 0 Å². The molecule has 1 unspecified atom stereocenters. The number of aromatic nitrogens is 2. The first-order chi connectivity index (χ1) is 18.2. The molecule has 3 aliphatic heterocycles. The highest BCUT2D eigenvalue weighted by molar-refractivity contribution is 5.78. The number of β-amino-alcohol motifs (C(OH)–C–C–N with tert-alkyl or cyclic N) is 1. The second-order valence-electron chi connectivity index (χ2n) is 9.66. The molecule has 5 rings (SSSR count). The number of ether oxygens (including phenoxy) is 1. The number of halogens is 6. The molecule has 0 amide bonds. The first-order valence-electron chi connectivity index (χ1n) is 11.7. The molecular weight excluding hydrogens is 532 g/mol. The third-order valence-electron chi connectivity index (χ3n) is 6.86. The molecule has 0 radical (unpaired) electrons. The lowest BCUT2D eigenvalue weighted by molar-refractivity contribution is -0.267. The number of aliphatic hydroxyl groups excluding tert-OH is 1. The minimum Gasteiger partial charge on any atom is -0.434 e. The quantitative estimate of drug-likeness (QED) is 0.461. The van der Waals surface area contributed by atoms with E-state index in [9.17, 15) is 32.2 Å². The normalized spacial score (nSPS) is 23.2. The average molecular weight is 555 g/mol. The Morgan fingerprint density at radius 3 is 2.38 bits per heavy atom. The van der Waals surface area contributed by atoms with E-state index in [4.69, 9.17) is 0 Å². The number of para-hydroxylation sites is 1. The lowest BCUT2D eigenvalue weighted by Gasteiger charge is -2.46. The summed E-state index contributed by atoms with van der Waals surface area (Å²) in [5, 5.41) is 24.0. The van der Waals surface area contributed by atoms with Gasteiger partial charge in [-0.1, -0.05) is 18.2 Å². The van der Waals surface area contributed by atoms with Gasteiger partial charge in [0.25, 0.3) is 0 Å². The maximum atomic E-state index is 15.3. The molecule has 3 aliphatic rings. The summed E-state index contributed by atoms with van der Waals surface area (Å²) in [5.74, 6) is -0.939. The van der Waals surface area contributed by atoms with Crippen LogP contribution in [0.15, 0.2) is 66.2 Å². The van der Waals surface area contributed by atoms with Crippen LogP contribution in [0.2, 0.25) is 0 Å². The first kappa shape index (κ1) is 26.8. The van der Waals surface area contributed by atoms with E-state index < -0.39 is 49.1 Å². The number of nitrogens with one attached hydrogen (secondary N) is 1. The van der Waals surface area contributed by atoms with Gasteiger partial charge in [-0.3, -0.25) is 0 Å². The van der Waals surface area contributed by atoms with Gasteiger partial charge >= 0.3 is 12.8 Å². The van der Waals surface area contributed by atoms with Gasteiger partial charge < -0.3 is 30.1 Å². The second-order valence-corrected chi connectivity index (χ2v) is 9.66. The van der Waals surface area contributed by atoms with Crippen LogP contribution in [-0.4, -0.2) is 62.2 Å². The molecule has 4 heterocycles. The third-order valence-corrected chi connectivity index (χ3v) is 6.86. The molecule has 2 atom stereocenters. The summed E-state index contributed by atoms with van der Waals surface area (Å²) in [7, 11) is 0. The SMILES string of the molecule is CC1=C([C@H](O)c2ccccc2OC(F)F)N2C=C(c3cnc(N4CC(O)(C(F)(F)F)C4)nc3)C(F)=CC2(C)N1. The van der Waals surface area contributed by atoms with Crippen LogP contribution in [0.1, 0.15) is 31.1 Å². The van der Waals surface area contributed by atoms with Crippen molar-refractivity contribution in [2.45, 2.75) is 44.0 Å². The van der Waals surface area contributed by atoms with Crippen molar-refractivity contribution in [3.63, 3.8) is 0 Å². The monoisotopic (exact) mass is 555 g/mol. The predicted molar refractivity (Wildman–Crippen MR) is 127 cm³/mol. The van der Waals surface area contributed by atoms with Gasteiger partial charge in [0.2, 0.25) is 5.95 Å². The Bertz CT molecular complexity index is 1370. The summed E-state index contributed by atoms with van der Waals surface area (Å²) in [5.41, 5.74) is -2.98. The molecule has 2 aromatic rings. The van der Waals surface area contributed by atoms with Gasteiger partial charge in [-0.25, -0.2) is 14.4 Å². The number of alkyl halides is 5. The zero-order valence-corrected chi connectivity index (χ0v) is 20.5. The highest BCUT2D eigenvalue weighted by atomic mass is 19.4. The predicted octanol–water partition coefficient (Wildman–Crippen LogP) is 3.99. The highest BCUT2D eigenvalue weighted by Gasteiger charge is 2.61. The standard InChI is InChI=1S/C25H23F6N5O3/c1-13-19(20(37)15-5-3-4-6-18(15)39-21(27)28)36-10-16(17(26)7-23(36,2)34-13)14-8-32-22(33-9-14)35-11-24(38,12-35)25(29,30)31/h3-10,20-21,34,37-38H,11-12H2,1-2H3/t20-,23?/m1/s1. The lowest BCUT2D eigenvalue weighted by atomic mass is 9.94. The molecule has 1 aromatic carbocycles. The van der Waals surface area contributed by atoms with Gasteiger partial charge in [-0.2, -0.15) is 22.0 Å². The number of allylic oxidation sites excluding steroid dienone is 3. The van der Waals surface area contributed by atoms with Gasteiger partial charge in [-0.05, 0) is 26.0 Å². The van der Waals surface area contributed by atoms with Crippen molar-refractivity contribution in [2.75, 3.05) is 18.0 Å². The van der Waals surface area contributed by atoms with Crippen molar-refractivity contribution in [1.82, 2.24) is 20.2 Å². The lowest BCUT2D eigenvalue weighted by Crippen LogP contribution is -2.69. The number of aliphatic hydroxyl groups is 2. The third kappa shape index (κ3) is 4.56. The highest BCUT2D eigenvalue weighted by Crippen LogP contribution is 2.45. The molecule has 0 spiro atoms. The van der Waals surface area contributed by atoms with E-state index >= 15 is 4.39 Å². The van der Waals surface area contributed by atoms with Gasteiger partial charge in [0.1, 0.15) is 23.3 Å². The molecule has 39 heavy (non-hydrogen) atoms. The van der Waals surface area contributed by atoms with Crippen molar-refractivity contribution < 1.29 is 41.3 Å². The Morgan fingerprint density at radius 2 is 1.77 bits per heavy atom. The minimum atomic E-state index is -4.79. The van der Waals surface area contributed by atoms with Crippen LogP contribution < -0.4 is 15.0 Å². The number of rotatable bonds is 6. The number of benzene rings is 1. The number of fused-ring (bicyclic) bond motifs is 1. The fourth-order valence-electron chi connectivity index (χ4n) is 4.90. The van der Waals surface area contributed by atoms with Crippen molar-refractivity contribution in [3.05, 3.63) is 77.3 Å². The first-order valence-corrected chi connectivity index (χ1v) is 11.7. The molecular formula is C25H23F6N5O3. The van der Waals surface area contributed by atoms with Crippen molar-refractivity contribution in [2.24, 2.45) is 0 Å². The summed E-state index contributed by atoms with van der Waals surface area (Å²) in [6.07, 6.45) is -1.09. The van der Waals surface area contributed by atoms with Crippen LogP contribution in [0.4, 0.5) is 32.3 Å². The fraction of sp³-hybridized carbons (Fsp3) is 0.360. The Kier molecular flexibility index (Phi) is 6.30. The number of hydrogen-bond acceptors (Lipinski definition) is 8. The smallest absolute Gasteiger partial charge is 0.420 e. The van der Waals surface area contributed by atoms with Gasteiger partial charge in [0.15, 0.2) is 5.60 Å². The topological polar surface area (TPSA) is 94.0 Å². The van der Waals surface area contributed by atoms with E-state index in [1.54, 1.807) is 24.8 Å². The van der Waals surface area contributed by atoms with E-state index in [2.05, 4.69) is 20.0 Å². The van der Waals surface area contributed by atoms with Crippen LogP contribution in [0.25, 0.3) is 5.57 Å². The van der Waals surface area contributed by atoms with Crippen molar-refractivity contribution in [3.8, 4) is 5.75 Å². The largest absolute Gasteiger partial charge is 0.434 e. The Labute approximate surface area is 218 Å². The average Bonchev–Trinajstić information content (AvgIpc) is 3.09. The molecule has 1 aromatic heterocycles. The van der Waals surface area contributed by atoms with Crippen molar-refractivity contribution >= 4 is 11.5 Å². The maximum absolute atomic E-state index is 15.3. The summed E-state index contributed by atoms with van der Waals surface area (Å²) in [6.45, 7) is -1.28. The Hall–Kier alpha value is -3.78. The summed E-state index contributed by atoms with van der Waals surface area (Å²) in [4.78, 5) is 10.8. The number of anilines is 1. The molecule has 3 N–H and O–H groups in total. The fourth-order valence-corrected chi connectivity index (χ4v) is 4.90. The molecule has 0 aliphatic carbocycles. The summed E-state index contributed by atoms with van der Waals surface area (Å²) in [6, 6.07) is 5.77. The van der Waals surface area contributed by atoms with Crippen molar-refractivity contribution in [1.29, 1.82) is 0 Å². The van der Waals surface area contributed by atoms with E-state index in [1.165, 1.54) is 42.9 Å². The molecule has 1 fully saturated rings. The molecule has 0 saturated carbocycles. The van der Waals surface area contributed by atoms with E-state index in [0.717, 1.165) is 4.90 Å². The molecule has 0 bridgehead atoms. The molecule has 8 nitrogen and oxygen atoms in total. The zero-order chi connectivity index (χ0) is 28.3. The Balaban J connectivity index is 1.43. The van der Waals surface area contributed by atoms with Crippen LogP contribution in [0.3, 0.4) is 0 Å². The van der Waals surface area contributed by atoms with E-state index in [0.29, 0.717) is 5.70 Å². The summed E-state index contributed by atoms with van der Waals surface area (Å²) < 4.78 is 84.5. The molecule has 208 valence electrons. The maximum Gasteiger partial charge on any atom is 0.420 e. The molecule has 14 heteroatoms. The minimum absolute atomic E-state index is 0.0211. The van der Waals surface area contributed by atoms with E-state index in [-0.39, 0.29) is 34.1 Å². The van der Waals surface area contributed by atoms with E-state index in [1.807, 2.05) is 0 Å². The number of hydrogen-bond donors (Lipinski definition) is 3. The van der Waals surface area contributed by atoms with Crippen LogP contribution in [-0.2, 0) is 0 Å².